The number of nitro groups is 1. The summed E-state index contributed by atoms with van der Waals surface area (Å²) in [5.74, 6) is -0.377. The molecule has 1 atom stereocenters. The first-order valence-corrected chi connectivity index (χ1v) is 9.94. The molecule has 0 radical (unpaired) electrons. The van der Waals surface area contributed by atoms with Crippen LogP contribution in [0.25, 0.3) is 11.3 Å². The molecule has 150 valence electrons. The van der Waals surface area contributed by atoms with Crippen molar-refractivity contribution < 1.29 is 9.72 Å². The van der Waals surface area contributed by atoms with Gasteiger partial charge in [0.2, 0.25) is 5.13 Å². The van der Waals surface area contributed by atoms with E-state index in [-0.39, 0.29) is 11.6 Å². The van der Waals surface area contributed by atoms with Gasteiger partial charge < -0.3 is 0 Å². The van der Waals surface area contributed by atoms with Gasteiger partial charge in [-0.2, -0.15) is 20.3 Å². The Morgan fingerprint density at radius 3 is 2.80 bits per heavy atom. The van der Waals surface area contributed by atoms with E-state index < -0.39 is 11.0 Å². The molecule has 0 saturated carbocycles. The Morgan fingerprint density at radius 2 is 2.03 bits per heavy atom. The minimum Gasteiger partial charge on any atom is -0.269 e. The van der Waals surface area contributed by atoms with E-state index in [9.17, 15) is 14.9 Å². The summed E-state index contributed by atoms with van der Waals surface area (Å²) in [6, 6.07) is 12.1. The number of carbonyl (C=O) groups excluding carboxylic acids is 1. The van der Waals surface area contributed by atoms with Crippen molar-refractivity contribution in [2.45, 2.75) is 13.0 Å². The van der Waals surface area contributed by atoms with Crippen LogP contribution in [0.3, 0.4) is 0 Å². The maximum absolute atomic E-state index is 12.8. The summed E-state index contributed by atoms with van der Waals surface area (Å²) >= 11 is 7.14. The predicted octanol–water partition coefficient (Wildman–Crippen LogP) is 5.25. The highest BCUT2D eigenvalue weighted by Gasteiger charge is 2.36. The van der Waals surface area contributed by atoms with Crippen LogP contribution in [0, 0.1) is 10.1 Å². The molecule has 30 heavy (non-hydrogen) atoms. The zero-order valence-electron chi connectivity index (χ0n) is 15.5. The number of azo groups is 1. The minimum absolute atomic E-state index is 0.0327. The molecule has 1 aromatic heterocycles. The zero-order valence-corrected chi connectivity index (χ0v) is 17.0. The topological polar surface area (TPSA) is 113 Å². The Kier molecular flexibility index (Phi) is 5.34. The van der Waals surface area contributed by atoms with Crippen LogP contribution in [0.5, 0.6) is 0 Å². The van der Waals surface area contributed by atoms with Gasteiger partial charge in [-0.05, 0) is 25.1 Å². The van der Waals surface area contributed by atoms with Crippen molar-refractivity contribution in [1.29, 1.82) is 0 Å². The Bertz CT molecular complexity index is 1210. The van der Waals surface area contributed by atoms with E-state index in [0.717, 1.165) is 0 Å². The summed E-state index contributed by atoms with van der Waals surface area (Å²) in [5.41, 5.74) is 2.08. The van der Waals surface area contributed by atoms with Gasteiger partial charge in [-0.1, -0.05) is 29.8 Å². The summed E-state index contributed by atoms with van der Waals surface area (Å²) in [5, 5.41) is 27.2. The van der Waals surface area contributed by atoms with Gasteiger partial charge in [0.1, 0.15) is 0 Å². The largest absolute Gasteiger partial charge is 0.282 e. The van der Waals surface area contributed by atoms with Gasteiger partial charge in [-0.15, -0.1) is 11.3 Å². The second-order valence-corrected chi connectivity index (χ2v) is 7.59. The maximum atomic E-state index is 12.8. The van der Waals surface area contributed by atoms with Crippen molar-refractivity contribution in [1.82, 2.24) is 4.98 Å². The van der Waals surface area contributed by atoms with Crippen LogP contribution in [0.2, 0.25) is 5.02 Å². The molecule has 9 nitrogen and oxygen atoms in total. The third-order valence-electron chi connectivity index (χ3n) is 4.22. The lowest BCUT2D eigenvalue weighted by Crippen LogP contribution is -2.29. The van der Waals surface area contributed by atoms with Crippen LogP contribution in [-0.4, -0.2) is 27.6 Å². The summed E-state index contributed by atoms with van der Waals surface area (Å²) in [6.45, 7) is 1.69. The molecule has 0 bridgehead atoms. The van der Waals surface area contributed by atoms with Gasteiger partial charge in [-0.25, -0.2) is 4.98 Å². The monoisotopic (exact) mass is 440 g/mol. The molecule has 2 aromatic carbocycles. The smallest absolute Gasteiger partial charge is 0.269 e. The molecule has 4 rings (SSSR count). The van der Waals surface area contributed by atoms with Gasteiger partial charge in [0.15, 0.2) is 6.04 Å². The average molecular weight is 441 g/mol. The van der Waals surface area contributed by atoms with E-state index in [2.05, 4.69) is 20.3 Å². The van der Waals surface area contributed by atoms with Gasteiger partial charge >= 0.3 is 0 Å². The number of hydrazone groups is 1. The molecule has 0 spiro atoms. The number of rotatable bonds is 5. The Balaban J connectivity index is 1.55. The van der Waals surface area contributed by atoms with E-state index >= 15 is 0 Å². The highest BCUT2D eigenvalue weighted by molar-refractivity contribution is 7.14. The lowest BCUT2D eigenvalue weighted by atomic mass is 10.1. The van der Waals surface area contributed by atoms with Crippen LogP contribution in [0.15, 0.2) is 69.2 Å². The van der Waals surface area contributed by atoms with Crippen molar-refractivity contribution >= 4 is 51.1 Å². The number of halogens is 1. The number of carbonyl (C=O) groups is 1. The molecule has 0 N–H and O–H groups in total. The molecule has 3 aromatic rings. The molecule has 1 unspecified atom stereocenters. The van der Waals surface area contributed by atoms with Crippen molar-refractivity contribution in [3.63, 3.8) is 0 Å². The molecular weight excluding hydrogens is 428 g/mol. The van der Waals surface area contributed by atoms with Crippen LogP contribution in [-0.2, 0) is 4.79 Å². The molecule has 1 amide bonds. The molecular formula is C19H13ClN6O3S. The third kappa shape index (κ3) is 3.95. The quantitative estimate of drug-likeness (QED) is 0.306. The molecule has 11 heteroatoms. The van der Waals surface area contributed by atoms with Crippen molar-refractivity contribution in [3.8, 4) is 11.3 Å². The number of amides is 1. The van der Waals surface area contributed by atoms with Gasteiger partial charge in [0, 0.05) is 28.1 Å². The fourth-order valence-corrected chi connectivity index (χ4v) is 3.73. The van der Waals surface area contributed by atoms with Crippen molar-refractivity contribution in [2.24, 2.45) is 15.3 Å². The average Bonchev–Trinajstić information content (AvgIpc) is 3.32. The standard InChI is InChI=1S/C19H13ClN6O3S/c1-11-17(23-22-14-6-3-5-13(20)9-14)18(27)25(24-11)19-21-16(10-30-19)12-4-2-7-15(8-12)26(28)29/h2-10,17H,1H3. The number of anilines is 1. The highest BCUT2D eigenvalue weighted by Crippen LogP contribution is 2.32. The Hall–Kier alpha value is -3.50. The number of nitrogens with zero attached hydrogens (tertiary/aromatic N) is 6. The van der Waals surface area contributed by atoms with Gasteiger partial charge in [0.25, 0.3) is 11.6 Å². The number of thiazole rings is 1. The first kappa shape index (κ1) is 19.8. The van der Waals surface area contributed by atoms with E-state index in [1.54, 1.807) is 48.7 Å². The van der Waals surface area contributed by atoms with E-state index in [0.29, 0.717) is 32.8 Å². The molecule has 0 fully saturated rings. The molecule has 0 aliphatic carbocycles. The van der Waals surface area contributed by atoms with Crippen molar-refractivity contribution in [2.75, 3.05) is 5.01 Å². The van der Waals surface area contributed by atoms with Crippen LogP contribution >= 0.6 is 22.9 Å². The highest BCUT2D eigenvalue weighted by atomic mass is 35.5. The maximum Gasteiger partial charge on any atom is 0.282 e. The Morgan fingerprint density at radius 1 is 1.23 bits per heavy atom. The normalized spacial score (nSPS) is 16.3. The number of nitro benzene ring substituents is 1. The number of aromatic nitrogens is 1. The lowest BCUT2D eigenvalue weighted by Gasteiger charge is -2.08. The first-order valence-electron chi connectivity index (χ1n) is 8.68. The lowest BCUT2D eigenvalue weighted by molar-refractivity contribution is -0.384. The number of benzene rings is 2. The molecule has 2 heterocycles. The molecule has 1 aliphatic heterocycles. The second-order valence-electron chi connectivity index (χ2n) is 6.31. The number of hydrogen-bond acceptors (Lipinski definition) is 8. The zero-order chi connectivity index (χ0) is 21.3. The second kappa shape index (κ2) is 8.09. The minimum atomic E-state index is -0.853. The predicted molar refractivity (Wildman–Crippen MR) is 115 cm³/mol. The summed E-state index contributed by atoms with van der Waals surface area (Å²) in [4.78, 5) is 27.7. The van der Waals surface area contributed by atoms with Crippen molar-refractivity contribution in [3.05, 3.63) is 69.0 Å². The van der Waals surface area contributed by atoms with E-state index in [1.165, 1.54) is 28.5 Å². The fraction of sp³-hybridized carbons (Fsp3) is 0.105. The van der Waals surface area contributed by atoms with Gasteiger partial charge in [-0.3, -0.25) is 14.9 Å². The third-order valence-corrected chi connectivity index (χ3v) is 5.27. The SMILES string of the molecule is CC1=NN(c2nc(-c3cccc([N+](=O)[O-])c3)cs2)C(=O)C1N=Nc1cccc(Cl)c1. The molecule has 0 saturated heterocycles. The summed E-state index contributed by atoms with van der Waals surface area (Å²) in [7, 11) is 0. The number of hydrogen-bond donors (Lipinski definition) is 0. The van der Waals surface area contributed by atoms with E-state index in [4.69, 9.17) is 11.6 Å². The van der Waals surface area contributed by atoms with Crippen LogP contribution < -0.4 is 5.01 Å². The van der Waals surface area contributed by atoms with Gasteiger partial charge in [0.05, 0.1) is 22.0 Å². The fourth-order valence-electron chi connectivity index (χ4n) is 2.76. The summed E-state index contributed by atoms with van der Waals surface area (Å²) < 4.78 is 0. The first-order chi connectivity index (χ1) is 14.4. The van der Waals surface area contributed by atoms with Crippen LogP contribution in [0.1, 0.15) is 6.92 Å². The molecule has 1 aliphatic rings. The Labute approximate surface area is 179 Å². The van der Waals surface area contributed by atoms with E-state index in [1.807, 2.05) is 0 Å². The summed E-state index contributed by atoms with van der Waals surface area (Å²) in [6.07, 6.45) is 0. The number of non-ortho nitro benzene ring substituents is 1. The van der Waals surface area contributed by atoms with Crippen LogP contribution in [0.4, 0.5) is 16.5 Å².